The molecule has 0 aliphatic heterocycles. The first kappa shape index (κ1) is 11.3. The van der Waals surface area contributed by atoms with Crippen molar-refractivity contribution in [2.24, 2.45) is 5.73 Å². The predicted molar refractivity (Wildman–Crippen MR) is 63.2 cm³/mol. The zero-order valence-electron chi connectivity index (χ0n) is 8.08. The third-order valence-electron chi connectivity index (χ3n) is 1.84. The third-order valence-corrected chi connectivity index (χ3v) is 2.51. The van der Waals surface area contributed by atoms with E-state index in [0.29, 0.717) is 5.75 Å². The lowest BCUT2D eigenvalue weighted by molar-refractivity contribution is -0.123. The van der Waals surface area contributed by atoms with Gasteiger partial charge in [-0.15, -0.1) is 0 Å². The number of hydrogen-bond acceptors (Lipinski definition) is 2. The summed E-state index contributed by atoms with van der Waals surface area (Å²) in [5, 5.41) is 0. The van der Waals surface area contributed by atoms with Crippen molar-refractivity contribution in [3.05, 3.63) is 27.3 Å². The monoisotopic (exact) mass is 305 g/mol. The van der Waals surface area contributed by atoms with Gasteiger partial charge in [0.2, 0.25) is 0 Å². The number of carbonyl (C=O) groups is 1. The Kier molecular flexibility index (Phi) is 3.74. The molecule has 0 spiro atoms. The molecule has 1 aromatic carbocycles. The largest absolute Gasteiger partial charge is 0.481 e. The molecule has 0 aliphatic carbocycles. The molecule has 76 valence electrons. The first-order valence-corrected chi connectivity index (χ1v) is 5.30. The zero-order valence-corrected chi connectivity index (χ0v) is 10.2. The minimum Gasteiger partial charge on any atom is -0.481 e. The molecule has 1 rings (SSSR count). The maximum absolute atomic E-state index is 10.8. The molecular weight excluding hydrogens is 293 g/mol. The molecule has 0 saturated heterocycles. The maximum Gasteiger partial charge on any atom is 0.258 e. The highest BCUT2D eigenvalue weighted by Gasteiger charge is 2.11. The van der Waals surface area contributed by atoms with Gasteiger partial charge < -0.3 is 10.5 Å². The summed E-state index contributed by atoms with van der Waals surface area (Å²) >= 11 is 2.22. The Morgan fingerprint density at radius 2 is 2.21 bits per heavy atom. The number of primary amides is 1. The van der Waals surface area contributed by atoms with Gasteiger partial charge in [0, 0.05) is 3.57 Å². The fourth-order valence-corrected chi connectivity index (χ4v) is 1.64. The van der Waals surface area contributed by atoms with Gasteiger partial charge in [-0.05, 0) is 60.2 Å². The van der Waals surface area contributed by atoms with E-state index in [4.69, 9.17) is 10.5 Å². The molecule has 0 saturated carbocycles. The van der Waals surface area contributed by atoms with Gasteiger partial charge in [-0.25, -0.2) is 0 Å². The maximum atomic E-state index is 10.8. The van der Waals surface area contributed by atoms with Crippen LogP contribution in [0.15, 0.2) is 18.2 Å². The summed E-state index contributed by atoms with van der Waals surface area (Å²) in [7, 11) is 0. The molecular formula is C10H12INO2. The highest BCUT2D eigenvalue weighted by Crippen LogP contribution is 2.21. The minimum atomic E-state index is -0.589. The Morgan fingerprint density at radius 3 is 2.71 bits per heavy atom. The molecule has 0 bridgehead atoms. The van der Waals surface area contributed by atoms with E-state index >= 15 is 0 Å². The summed E-state index contributed by atoms with van der Waals surface area (Å²) in [4.78, 5) is 10.8. The molecule has 0 fully saturated rings. The number of aryl methyl sites for hydroxylation is 1. The fourth-order valence-electron chi connectivity index (χ4n) is 0.994. The number of rotatable bonds is 3. The van der Waals surface area contributed by atoms with Crippen molar-refractivity contribution < 1.29 is 9.53 Å². The number of amides is 1. The number of benzene rings is 1. The molecule has 1 aromatic rings. The van der Waals surface area contributed by atoms with Gasteiger partial charge in [0.15, 0.2) is 6.10 Å². The van der Waals surface area contributed by atoms with E-state index in [0.717, 1.165) is 9.13 Å². The lowest BCUT2D eigenvalue weighted by atomic mass is 10.2. The van der Waals surface area contributed by atoms with Crippen LogP contribution in [0.4, 0.5) is 0 Å². The lowest BCUT2D eigenvalue weighted by Gasteiger charge is -2.13. The van der Waals surface area contributed by atoms with E-state index in [1.807, 2.05) is 25.1 Å². The second kappa shape index (κ2) is 4.63. The van der Waals surface area contributed by atoms with E-state index in [1.54, 1.807) is 6.92 Å². The molecule has 2 N–H and O–H groups in total. The van der Waals surface area contributed by atoms with Crippen LogP contribution in [0, 0.1) is 10.5 Å². The van der Waals surface area contributed by atoms with Crippen molar-refractivity contribution in [2.75, 3.05) is 0 Å². The summed E-state index contributed by atoms with van der Waals surface area (Å²) in [6, 6.07) is 5.76. The van der Waals surface area contributed by atoms with Gasteiger partial charge in [-0.1, -0.05) is 0 Å². The van der Waals surface area contributed by atoms with Gasteiger partial charge in [0.05, 0.1) is 0 Å². The van der Waals surface area contributed by atoms with Crippen molar-refractivity contribution in [1.29, 1.82) is 0 Å². The Hall–Kier alpha value is -0.780. The van der Waals surface area contributed by atoms with Gasteiger partial charge >= 0.3 is 0 Å². The van der Waals surface area contributed by atoms with Crippen molar-refractivity contribution >= 4 is 28.5 Å². The molecule has 0 heterocycles. The highest BCUT2D eigenvalue weighted by atomic mass is 127. The van der Waals surface area contributed by atoms with Gasteiger partial charge in [-0.2, -0.15) is 0 Å². The number of nitrogens with two attached hydrogens (primary N) is 1. The number of carbonyl (C=O) groups excluding carboxylic acids is 1. The van der Waals surface area contributed by atoms with Crippen LogP contribution in [-0.4, -0.2) is 12.0 Å². The summed E-state index contributed by atoms with van der Waals surface area (Å²) in [5.74, 6) is 0.250. The molecule has 1 atom stereocenters. The van der Waals surface area contributed by atoms with E-state index in [2.05, 4.69) is 22.6 Å². The van der Waals surface area contributed by atoms with Crippen LogP contribution in [0.5, 0.6) is 5.75 Å². The van der Waals surface area contributed by atoms with Crippen molar-refractivity contribution in [2.45, 2.75) is 20.0 Å². The molecule has 3 nitrogen and oxygen atoms in total. The van der Waals surface area contributed by atoms with Crippen LogP contribution in [0.25, 0.3) is 0 Å². The smallest absolute Gasteiger partial charge is 0.258 e. The number of hydrogen-bond donors (Lipinski definition) is 1. The van der Waals surface area contributed by atoms with Gasteiger partial charge in [0.25, 0.3) is 5.91 Å². The molecule has 1 unspecified atom stereocenters. The normalized spacial score (nSPS) is 12.2. The van der Waals surface area contributed by atoms with Crippen LogP contribution in [0.1, 0.15) is 12.5 Å². The average molecular weight is 305 g/mol. The first-order valence-electron chi connectivity index (χ1n) is 4.23. The molecule has 1 amide bonds. The molecule has 0 aromatic heterocycles. The molecule has 0 radical (unpaired) electrons. The van der Waals surface area contributed by atoms with E-state index in [9.17, 15) is 4.79 Å². The number of ether oxygens (including phenoxy) is 1. The standard InChI is InChI=1S/C10H12INO2/c1-6-5-8(11)3-4-9(6)14-7(2)10(12)13/h3-5,7H,1-2H3,(H2,12,13). The topological polar surface area (TPSA) is 52.3 Å². The number of halogens is 1. The molecule has 0 aliphatic rings. The van der Waals surface area contributed by atoms with E-state index in [1.165, 1.54) is 0 Å². The summed E-state index contributed by atoms with van der Waals surface area (Å²) in [6.45, 7) is 3.57. The average Bonchev–Trinajstić information content (AvgIpc) is 2.09. The lowest BCUT2D eigenvalue weighted by Crippen LogP contribution is -2.30. The van der Waals surface area contributed by atoms with Crippen molar-refractivity contribution in [3.8, 4) is 5.75 Å². The van der Waals surface area contributed by atoms with Crippen LogP contribution in [-0.2, 0) is 4.79 Å². The highest BCUT2D eigenvalue weighted by molar-refractivity contribution is 14.1. The second-order valence-electron chi connectivity index (χ2n) is 3.07. The van der Waals surface area contributed by atoms with Crippen molar-refractivity contribution in [1.82, 2.24) is 0 Å². The molecule has 14 heavy (non-hydrogen) atoms. The van der Waals surface area contributed by atoms with Crippen LogP contribution < -0.4 is 10.5 Å². The first-order chi connectivity index (χ1) is 6.50. The Morgan fingerprint density at radius 1 is 1.57 bits per heavy atom. The second-order valence-corrected chi connectivity index (χ2v) is 4.32. The summed E-state index contributed by atoms with van der Waals surface area (Å²) in [5.41, 5.74) is 6.10. The SMILES string of the molecule is Cc1cc(I)ccc1OC(C)C(N)=O. The van der Waals surface area contributed by atoms with Gasteiger partial charge in [-0.3, -0.25) is 4.79 Å². The summed E-state index contributed by atoms with van der Waals surface area (Å²) < 4.78 is 6.52. The van der Waals surface area contributed by atoms with E-state index < -0.39 is 12.0 Å². The van der Waals surface area contributed by atoms with Crippen LogP contribution >= 0.6 is 22.6 Å². The van der Waals surface area contributed by atoms with E-state index in [-0.39, 0.29) is 0 Å². The van der Waals surface area contributed by atoms with Gasteiger partial charge in [0.1, 0.15) is 5.75 Å². The van der Waals surface area contributed by atoms with Crippen LogP contribution in [0.2, 0.25) is 0 Å². The fraction of sp³-hybridized carbons (Fsp3) is 0.300. The third kappa shape index (κ3) is 2.87. The Balaban J connectivity index is 2.82. The quantitative estimate of drug-likeness (QED) is 0.867. The summed E-state index contributed by atoms with van der Waals surface area (Å²) in [6.07, 6.45) is -0.589. The Bertz CT molecular complexity index is 352. The zero-order chi connectivity index (χ0) is 10.7. The molecule has 4 heteroatoms. The predicted octanol–water partition coefficient (Wildman–Crippen LogP) is 1.85. The van der Waals surface area contributed by atoms with Crippen LogP contribution in [0.3, 0.4) is 0 Å². The minimum absolute atomic E-state index is 0.456. The van der Waals surface area contributed by atoms with Crippen molar-refractivity contribution in [3.63, 3.8) is 0 Å². The Labute approximate surface area is 96.8 Å².